The molecule has 12 nitrogen and oxygen atoms in total. The highest BCUT2D eigenvalue weighted by Gasteiger charge is 2.33. The van der Waals surface area contributed by atoms with Crippen molar-refractivity contribution in [1.29, 1.82) is 0 Å². The maximum absolute atomic E-state index is 13.1. The Morgan fingerprint density at radius 1 is 0.926 bits per heavy atom. The lowest BCUT2D eigenvalue weighted by atomic mass is 9.85. The van der Waals surface area contributed by atoms with Crippen LogP contribution in [0.3, 0.4) is 0 Å². The number of aryl methyl sites for hydroxylation is 1. The van der Waals surface area contributed by atoms with Gasteiger partial charge in [-0.1, -0.05) is 18.2 Å². The third-order valence-corrected chi connectivity index (χ3v) is 10.9. The molecule has 8 rings (SSSR count). The molecule has 5 heterocycles. The number of piperazine rings is 1. The highest BCUT2D eigenvalue weighted by Crippen LogP contribution is 2.36. The van der Waals surface area contributed by atoms with E-state index in [-0.39, 0.29) is 24.1 Å². The molecule has 5 aromatic rings. The number of amides is 4. The third-order valence-electron chi connectivity index (χ3n) is 10.9. The number of benzene rings is 2. The molecule has 0 spiro atoms. The summed E-state index contributed by atoms with van der Waals surface area (Å²) in [6.07, 6.45) is 5.37. The number of fused-ring (bicyclic) bond motifs is 2. The van der Waals surface area contributed by atoms with Gasteiger partial charge < -0.3 is 10.2 Å². The van der Waals surface area contributed by atoms with Crippen LogP contribution in [-0.2, 0) is 11.0 Å². The Balaban J connectivity index is 0.857. The number of carbonyl (C=O) groups excluding carboxylic acids is 3. The van der Waals surface area contributed by atoms with Crippen LogP contribution in [-0.4, -0.2) is 81.8 Å². The summed E-state index contributed by atoms with van der Waals surface area (Å²) in [5, 5.41) is 12.8. The molecule has 2 aliphatic heterocycles. The number of alkyl halides is 3. The molecule has 1 saturated carbocycles. The largest absolute Gasteiger partial charge is 0.433 e. The van der Waals surface area contributed by atoms with E-state index in [1.807, 2.05) is 48.3 Å². The Bertz CT molecular complexity index is 2240. The quantitative estimate of drug-likeness (QED) is 0.192. The molecule has 3 aliphatic rings. The third kappa shape index (κ3) is 7.19. The van der Waals surface area contributed by atoms with Gasteiger partial charge in [0.05, 0.1) is 23.4 Å². The predicted molar refractivity (Wildman–Crippen MR) is 199 cm³/mol. The number of carbonyl (C=O) groups is 3. The molecule has 1 aliphatic carbocycles. The number of hydrogen-bond acceptors (Lipinski definition) is 8. The molecule has 3 aromatic heterocycles. The highest BCUT2D eigenvalue weighted by atomic mass is 19.4. The van der Waals surface area contributed by atoms with E-state index in [4.69, 9.17) is 5.10 Å². The zero-order valence-corrected chi connectivity index (χ0v) is 29.8. The Labute approximate surface area is 309 Å². The van der Waals surface area contributed by atoms with Gasteiger partial charge in [0.1, 0.15) is 11.4 Å². The summed E-state index contributed by atoms with van der Waals surface area (Å²) in [5.41, 5.74) is 2.44. The van der Waals surface area contributed by atoms with Crippen molar-refractivity contribution in [3.63, 3.8) is 0 Å². The van der Waals surface area contributed by atoms with Crippen molar-refractivity contribution in [1.82, 2.24) is 30.0 Å². The topological polar surface area (TPSA) is 129 Å². The number of nitrogens with zero attached hydrogens (tertiary/aromatic N) is 7. The normalized spacial score (nSPS) is 20.1. The maximum atomic E-state index is 13.1. The Morgan fingerprint density at radius 3 is 2.46 bits per heavy atom. The molecule has 0 atom stereocenters. The van der Waals surface area contributed by atoms with Crippen LogP contribution in [0.1, 0.15) is 59.9 Å². The van der Waals surface area contributed by atoms with Crippen LogP contribution in [0.5, 0.6) is 0 Å². The van der Waals surface area contributed by atoms with E-state index in [0.717, 1.165) is 97.4 Å². The summed E-state index contributed by atoms with van der Waals surface area (Å²) in [6.45, 7) is 6.88. The SMILES string of the molecule is Cc1cc2nn(C3CCC(CN4CCN(c5cccc6c(N7CCC(=O)NC7=O)cncc56)CC4)CC3)cc2cc1NC(=O)c1cccc(C(F)(F)F)n1. The van der Waals surface area contributed by atoms with E-state index < -0.39 is 23.8 Å². The minimum absolute atomic E-state index is 0.256. The number of imide groups is 1. The van der Waals surface area contributed by atoms with E-state index >= 15 is 0 Å². The van der Waals surface area contributed by atoms with Crippen molar-refractivity contribution in [2.75, 3.05) is 54.4 Å². The summed E-state index contributed by atoms with van der Waals surface area (Å²) in [7, 11) is 0. The van der Waals surface area contributed by atoms with Crippen LogP contribution in [0.2, 0.25) is 0 Å². The predicted octanol–water partition coefficient (Wildman–Crippen LogP) is 6.56. The molecule has 2 saturated heterocycles. The first kappa shape index (κ1) is 35.5. The Hall–Kier alpha value is -5.57. The average molecular weight is 740 g/mol. The van der Waals surface area contributed by atoms with Crippen LogP contribution in [0.4, 0.5) is 35.0 Å². The lowest BCUT2D eigenvalue weighted by Gasteiger charge is -2.39. The summed E-state index contributed by atoms with van der Waals surface area (Å²) in [6, 6.07) is 12.9. The summed E-state index contributed by atoms with van der Waals surface area (Å²) in [5.74, 6) is -0.376. The van der Waals surface area contributed by atoms with Crippen LogP contribution in [0.25, 0.3) is 21.7 Å². The summed E-state index contributed by atoms with van der Waals surface area (Å²) in [4.78, 5) is 51.6. The zero-order chi connectivity index (χ0) is 37.6. The second-order valence-electron chi connectivity index (χ2n) is 14.4. The van der Waals surface area contributed by atoms with Crippen LogP contribution in [0, 0.1) is 12.8 Å². The average Bonchev–Trinajstić information content (AvgIpc) is 3.57. The first-order chi connectivity index (χ1) is 26.0. The number of nitrogens with one attached hydrogen (secondary N) is 2. The molecule has 4 amide bonds. The molecular weight excluding hydrogens is 699 g/mol. The number of pyridine rings is 2. The first-order valence-electron chi connectivity index (χ1n) is 18.3. The van der Waals surface area contributed by atoms with Crippen molar-refractivity contribution < 1.29 is 27.6 Å². The molecule has 2 aromatic carbocycles. The molecule has 54 heavy (non-hydrogen) atoms. The van der Waals surface area contributed by atoms with Gasteiger partial charge in [-0.15, -0.1) is 0 Å². The molecule has 2 N–H and O–H groups in total. The zero-order valence-electron chi connectivity index (χ0n) is 29.8. The second kappa shape index (κ2) is 14.3. The first-order valence-corrected chi connectivity index (χ1v) is 18.3. The second-order valence-corrected chi connectivity index (χ2v) is 14.4. The van der Waals surface area contributed by atoms with Crippen molar-refractivity contribution in [2.24, 2.45) is 5.92 Å². The minimum Gasteiger partial charge on any atom is -0.368 e. The number of aromatic nitrogens is 4. The van der Waals surface area contributed by atoms with Gasteiger partial charge in [0.2, 0.25) is 5.91 Å². The molecular formula is C39H40F3N9O3. The smallest absolute Gasteiger partial charge is 0.368 e. The van der Waals surface area contributed by atoms with Crippen LogP contribution in [0.15, 0.2) is 67.1 Å². The standard InChI is InChI=1S/C39H40F3N9O3/c1-24-18-32-26(19-31(24)45-37(53)30-5-3-7-35(44-30)39(40,41)42)23-51(47-32)27-10-8-25(9-11-27)22-48-14-16-49(17-15-48)33-6-2-4-28-29(33)20-43-21-34(28)50-13-12-36(52)46-38(50)54/h2-7,18-21,23,25,27H,8-17,22H2,1H3,(H,45,53)(H,46,52,54). The van der Waals surface area contributed by atoms with Crippen molar-refractivity contribution >= 4 is 56.6 Å². The molecule has 0 radical (unpaired) electrons. The van der Waals surface area contributed by atoms with Gasteiger partial charge in [0.25, 0.3) is 5.91 Å². The molecule has 280 valence electrons. The van der Waals surface area contributed by atoms with Crippen molar-refractivity contribution in [3.8, 4) is 0 Å². The number of hydrogen-bond donors (Lipinski definition) is 2. The molecule has 3 fully saturated rings. The summed E-state index contributed by atoms with van der Waals surface area (Å²) >= 11 is 0. The Morgan fingerprint density at radius 2 is 1.70 bits per heavy atom. The molecule has 15 heteroatoms. The lowest BCUT2D eigenvalue weighted by Crippen LogP contribution is -2.49. The van der Waals surface area contributed by atoms with Gasteiger partial charge in [0, 0.05) is 85.6 Å². The van der Waals surface area contributed by atoms with Gasteiger partial charge in [-0.3, -0.25) is 34.4 Å². The van der Waals surface area contributed by atoms with E-state index in [0.29, 0.717) is 23.8 Å². The van der Waals surface area contributed by atoms with E-state index in [9.17, 15) is 27.6 Å². The fraction of sp³-hybridized carbons (Fsp3) is 0.385. The number of anilines is 3. The molecule has 0 unspecified atom stereocenters. The van der Waals surface area contributed by atoms with Gasteiger partial charge in [-0.25, -0.2) is 9.78 Å². The highest BCUT2D eigenvalue weighted by molar-refractivity contribution is 6.11. The van der Waals surface area contributed by atoms with Gasteiger partial charge in [-0.2, -0.15) is 18.3 Å². The van der Waals surface area contributed by atoms with Gasteiger partial charge in [0.15, 0.2) is 0 Å². The van der Waals surface area contributed by atoms with Crippen molar-refractivity contribution in [2.45, 2.75) is 51.2 Å². The van der Waals surface area contributed by atoms with Gasteiger partial charge in [-0.05, 0) is 74.4 Å². The van der Waals surface area contributed by atoms with E-state index in [2.05, 4.69) is 36.5 Å². The van der Waals surface area contributed by atoms with E-state index in [1.54, 1.807) is 11.1 Å². The fourth-order valence-electron chi connectivity index (χ4n) is 8.00. The van der Waals surface area contributed by atoms with Crippen LogP contribution < -0.4 is 20.4 Å². The van der Waals surface area contributed by atoms with Crippen molar-refractivity contribution in [3.05, 3.63) is 84.1 Å². The fourth-order valence-corrected chi connectivity index (χ4v) is 8.00. The van der Waals surface area contributed by atoms with Gasteiger partial charge >= 0.3 is 12.2 Å². The Kier molecular flexibility index (Phi) is 9.42. The number of urea groups is 1. The number of halogens is 3. The van der Waals surface area contributed by atoms with E-state index in [1.165, 1.54) is 12.1 Å². The lowest BCUT2D eigenvalue weighted by molar-refractivity contribution is -0.141. The number of rotatable bonds is 7. The van der Waals surface area contributed by atoms with Crippen LogP contribution >= 0.6 is 0 Å². The monoisotopic (exact) mass is 739 g/mol. The maximum Gasteiger partial charge on any atom is 0.433 e. The minimum atomic E-state index is -4.64. The molecule has 0 bridgehead atoms. The summed E-state index contributed by atoms with van der Waals surface area (Å²) < 4.78 is 41.4.